The second-order valence-electron chi connectivity index (χ2n) is 7.84. The van der Waals surface area contributed by atoms with Gasteiger partial charge in [0.1, 0.15) is 0 Å². The summed E-state index contributed by atoms with van der Waals surface area (Å²) in [5, 5.41) is 0. The van der Waals surface area contributed by atoms with E-state index >= 15 is 0 Å². The Balaban J connectivity index is 1.63. The normalized spacial score (nSPS) is 16.6. The van der Waals surface area contributed by atoms with Crippen molar-refractivity contribution in [1.29, 1.82) is 0 Å². The molecule has 7 nitrogen and oxygen atoms in total. The molecule has 0 N–H and O–H groups in total. The molecule has 1 aliphatic rings. The molecule has 3 rings (SSSR count). The van der Waals surface area contributed by atoms with E-state index in [9.17, 15) is 18.0 Å². The average molecular weight is 445 g/mol. The van der Waals surface area contributed by atoms with Crippen molar-refractivity contribution in [3.8, 4) is 0 Å². The second-order valence-corrected chi connectivity index (χ2v) is 9.81. The number of likely N-dealkylation sites (tertiary alicyclic amines) is 1. The molecule has 1 aliphatic heterocycles. The summed E-state index contributed by atoms with van der Waals surface area (Å²) in [5.74, 6) is -0.810. The van der Waals surface area contributed by atoms with Crippen LogP contribution in [-0.2, 0) is 19.6 Å². The number of amides is 1. The van der Waals surface area contributed by atoms with Crippen LogP contribution in [0.1, 0.15) is 42.1 Å². The SMILES string of the molecule is Cc1ccc(S(=O)(=O)N(C)c2ccc(C(=O)OCC(=O)N3CCCCC3C)cc2)cc1. The van der Waals surface area contributed by atoms with Gasteiger partial charge in [0.2, 0.25) is 0 Å². The first kappa shape index (κ1) is 22.8. The first-order valence-electron chi connectivity index (χ1n) is 10.3. The molecule has 1 saturated heterocycles. The predicted molar refractivity (Wildman–Crippen MR) is 119 cm³/mol. The fourth-order valence-electron chi connectivity index (χ4n) is 3.58. The molecular weight excluding hydrogens is 416 g/mol. The third kappa shape index (κ3) is 5.25. The van der Waals surface area contributed by atoms with E-state index in [1.807, 2.05) is 13.8 Å². The zero-order chi connectivity index (χ0) is 22.6. The van der Waals surface area contributed by atoms with E-state index < -0.39 is 16.0 Å². The molecule has 1 fully saturated rings. The summed E-state index contributed by atoms with van der Waals surface area (Å²) < 4.78 is 32.0. The smallest absolute Gasteiger partial charge is 0.338 e. The molecule has 1 heterocycles. The maximum atomic E-state index is 12.8. The predicted octanol–water partition coefficient (Wildman–Crippen LogP) is 3.38. The minimum Gasteiger partial charge on any atom is -0.452 e. The number of esters is 1. The van der Waals surface area contributed by atoms with Crippen molar-refractivity contribution in [2.75, 3.05) is 24.5 Å². The van der Waals surface area contributed by atoms with Crippen molar-refractivity contribution in [3.63, 3.8) is 0 Å². The lowest BCUT2D eigenvalue weighted by Gasteiger charge is -2.33. The van der Waals surface area contributed by atoms with Gasteiger partial charge in [0.15, 0.2) is 6.61 Å². The minimum atomic E-state index is -3.71. The molecule has 0 saturated carbocycles. The first-order chi connectivity index (χ1) is 14.7. The zero-order valence-electron chi connectivity index (χ0n) is 18.1. The van der Waals surface area contributed by atoms with Crippen LogP contribution < -0.4 is 4.31 Å². The monoisotopic (exact) mass is 444 g/mol. The molecule has 0 bridgehead atoms. The summed E-state index contributed by atoms with van der Waals surface area (Å²) in [6, 6.07) is 12.8. The van der Waals surface area contributed by atoms with E-state index in [-0.39, 0.29) is 29.0 Å². The van der Waals surface area contributed by atoms with Crippen LogP contribution in [0.25, 0.3) is 0 Å². The summed E-state index contributed by atoms with van der Waals surface area (Å²) in [5.41, 5.74) is 1.64. The Labute approximate surface area is 183 Å². The van der Waals surface area contributed by atoms with Gasteiger partial charge in [-0.15, -0.1) is 0 Å². The Kier molecular flexibility index (Phi) is 7.00. The number of carbonyl (C=O) groups excluding carboxylic acids is 2. The van der Waals surface area contributed by atoms with Crippen molar-refractivity contribution >= 4 is 27.6 Å². The molecule has 0 aliphatic carbocycles. The van der Waals surface area contributed by atoms with Gasteiger partial charge in [-0.25, -0.2) is 13.2 Å². The molecule has 1 atom stereocenters. The number of benzene rings is 2. The van der Waals surface area contributed by atoms with Crippen LogP contribution in [-0.4, -0.2) is 51.4 Å². The number of piperidine rings is 1. The van der Waals surface area contributed by atoms with Crippen LogP contribution in [0.15, 0.2) is 53.4 Å². The Hall–Kier alpha value is -2.87. The van der Waals surface area contributed by atoms with Gasteiger partial charge in [-0.3, -0.25) is 9.10 Å². The van der Waals surface area contributed by atoms with Crippen LogP contribution >= 0.6 is 0 Å². The molecule has 1 amide bonds. The van der Waals surface area contributed by atoms with Gasteiger partial charge in [0, 0.05) is 19.6 Å². The van der Waals surface area contributed by atoms with Gasteiger partial charge < -0.3 is 9.64 Å². The summed E-state index contributed by atoms with van der Waals surface area (Å²) in [6.07, 6.45) is 3.02. The van der Waals surface area contributed by atoms with Gasteiger partial charge in [0.05, 0.1) is 16.1 Å². The van der Waals surface area contributed by atoms with E-state index in [2.05, 4.69) is 0 Å². The van der Waals surface area contributed by atoms with Crippen molar-refractivity contribution in [3.05, 3.63) is 59.7 Å². The third-order valence-corrected chi connectivity index (χ3v) is 7.40. The lowest BCUT2D eigenvalue weighted by Crippen LogP contribution is -2.44. The number of hydrogen-bond acceptors (Lipinski definition) is 5. The minimum absolute atomic E-state index is 0.158. The van der Waals surface area contributed by atoms with Gasteiger partial charge in [-0.05, 0) is 69.5 Å². The maximum Gasteiger partial charge on any atom is 0.338 e. The maximum absolute atomic E-state index is 12.8. The van der Waals surface area contributed by atoms with Crippen molar-refractivity contribution in [1.82, 2.24) is 4.90 Å². The van der Waals surface area contributed by atoms with E-state index in [0.29, 0.717) is 12.2 Å². The lowest BCUT2D eigenvalue weighted by atomic mass is 10.0. The molecule has 8 heteroatoms. The summed E-state index contributed by atoms with van der Waals surface area (Å²) >= 11 is 0. The van der Waals surface area contributed by atoms with E-state index in [0.717, 1.165) is 29.1 Å². The highest BCUT2D eigenvalue weighted by Crippen LogP contribution is 2.23. The molecule has 0 radical (unpaired) electrons. The lowest BCUT2D eigenvalue weighted by molar-refractivity contribution is -0.137. The van der Waals surface area contributed by atoms with Gasteiger partial charge >= 0.3 is 5.97 Å². The average Bonchev–Trinajstić information content (AvgIpc) is 2.77. The number of rotatable bonds is 6. The number of nitrogens with zero attached hydrogens (tertiary/aromatic N) is 2. The Morgan fingerprint density at radius 2 is 1.71 bits per heavy atom. The fourth-order valence-corrected chi connectivity index (χ4v) is 4.77. The molecular formula is C23H28N2O5S. The molecule has 2 aromatic rings. The standard InChI is InChI=1S/C23H28N2O5S/c1-17-7-13-21(14-8-17)31(28,29)24(3)20-11-9-19(10-12-20)23(27)30-16-22(26)25-15-5-4-6-18(25)2/h7-14,18H,4-6,15-16H2,1-3H3. The van der Waals surface area contributed by atoms with E-state index in [4.69, 9.17) is 4.74 Å². The summed E-state index contributed by atoms with van der Waals surface area (Å²) in [4.78, 5) is 26.6. The Morgan fingerprint density at radius 3 is 2.32 bits per heavy atom. The zero-order valence-corrected chi connectivity index (χ0v) is 18.9. The van der Waals surface area contributed by atoms with Crippen LogP contribution in [0.2, 0.25) is 0 Å². The van der Waals surface area contributed by atoms with E-state index in [1.165, 1.54) is 31.3 Å². The third-order valence-electron chi connectivity index (χ3n) is 5.60. The summed E-state index contributed by atoms with van der Waals surface area (Å²) in [6.45, 7) is 4.28. The van der Waals surface area contributed by atoms with Gasteiger partial charge in [-0.1, -0.05) is 17.7 Å². The Bertz CT molecular complexity index is 1030. The highest BCUT2D eigenvalue weighted by molar-refractivity contribution is 7.92. The van der Waals surface area contributed by atoms with Gasteiger partial charge in [-0.2, -0.15) is 0 Å². The number of carbonyl (C=O) groups is 2. The first-order valence-corrected chi connectivity index (χ1v) is 11.8. The number of ether oxygens (including phenoxy) is 1. The van der Waals surface area contributed by atoms with E-state index in [1.54, 1.807) is 29.2 Å². The molecule has 31 heavy (non-hydrogen) atoms. The molecule has 1 unspecified atom stereocenters. The topological polar surface area (TPSA) is 84.0 Å². The van der Waals surface area contributed by atoms with Crippen LogP contribution in [0.4, 0.5) is 5.69 Å². The number of anilines is 1. The largest absolute Gasteiger partial charge is 0.452 e. The Morgan fingerprint density at radius 1 is 1.06 bits per heavy atom. The molecule has 166 valence electrons. The van der Waals surface area contributed by atoms with Crippen molar-refractivity contribution < 1.29 is 22.7 Å². The van der Waals surface area contributed by atoms with Crippen LogP contribution in [0.3, 0.4) is 0 Å². The second kappa shape index (κ2) is 9.51. The molecule has 0 aromatic heterocycles. The van der Waals surface area contributed by atoms with Crippen LogP contribution in [0, 0.1) is 6.92 Å². The van der Waals surface area contributed by atoms with Crippen molar-refractivity contribution in [2.24, 2.45) is 0 Å². The summed E-state index contributed by atoms with van der Waals surface area (Å²) in [7, 11) is -2.25. The van der Waals surface area contributed by atoms with Crippen LogP contribution in [0.5, 0.6) is 0 Å². The number of aryl methyl sites for hydroxylation is 1. The number of sulfonamides is 1. The highest BCUT2D eigenvalue weighted by atomic mass is 32.2. The number of hydrogen-bond donors (Lipinski definition) is 0. The quantitative estimate of drug-likeness (QED) is 0.638. The molecule has 0 spiro atoms. The van der Waals surface area contributed by atoms with Gasteiger partial charge in [0.25, 0.3) is 15.9 Å². The van der Waals surface area contributed by atoms with Crippen molar-refractivity contribution in [2.45, 2.75) is 44.0 Å². The fraction of sp³-hybridized carbons (Fsp3) is 0.391. The highest BCUT2D eigenvalue weighted by Gasteiger charge is 2.25. The molecule has 2 aromatic carbocycles.